The SMILES string of the molecule is CCC(C)(/C(=C/CC(CC(C)(C)Cc1ccccc1)c1ccccc1)CCC=C(C)C)C(C)(C)CP(=O)(O)O. The number of hydrogen-bond donors (Lipinski definition) is 2. The van der Waals surface area contributed by atoms with Crippen LogP contribution in [0.15, 0.2) is 84.0 Å². The van der Waals surface area contributed by atoms with Gasteiger partial charge in [0.2, 0.25) is 0 Å². The second-order valence-electron chi connectivity index (χ2n) is 13.3. The number of hydrogen-bond acceptors (Lipinski definition) is 1. The highest BCUT2D eigenvalue weighted by atomic mass is 31.2. The van der Waals surface area contributed by atoms with Crippen LogP contribution in [-0.4, -0.2) is 15.9 Å². The van der Waals surface area contributed by atoms with Gasteiger partial charge in [-0.25, -0.2) is 0 Å². The molecule has 0 aliphatic rings. The Labute approximate surface area is 239 Å². The zero-order valence-electron chi connectivity index (χ0n) is 25.7. The van der Waals surface area contributed by atoms with Gasteiger partial charge in [-0.3, -0.25) is 4.57 Å². The van der Waals surface area contributed by atoms with E-state index in [-0.39, 0.29) is 17.0 Å². The van der Waals surface area contributed by atoms with Crippen molar-refractivity contribution >= 4 is 7.60 Å². The van der Waals surface area contributed by atoms with Gasteiger partial charge < -0.3 is 9.79 Å². The molecule has 0 bridgehead atoms. The van der Waals surface area contributed by atoms with E-state index in [9.17, 15) is 14.4 Å². The highest BCUT2D eigenvalue weighted by Gasteiger charge is 2.45. The molecule has 0 amide bonds. The Hall–Kier alpha value is -1.93. The molecule has 0 fully saturated rings. The van der Waals surface area contributed by atoms with Crippen molar-refractivity contribution in [1.82, 2.24) is 0 Å². The fourth-order valence-electron chi connectivity index (χ4n) is 6.18. The molecule has 3 nitrogen and oxygen atoms in total. The Morgan fingerprint density at radius 2 is 1.46 bits per heavy atom. The Balaban J connectivity index is 2.48. The average molecular weight is 553 g/mol. The molecular weight excluding hydrogens is 499 g/mol. The fraction of sp³-hybridized carbons (Fsp3) is 0.543. The van der Waals surface area contributed by atoms with Crippen molar-refractivity contribution in [2.75, 3.05) is 6.16 Å². The van der Waals surface area contributed by atoms with E-state index in [2.05, 4.69) is 114 Å². The van der Waals surface area contributed by atoms with Crippen molar-refractivity contribution in [3.8, 4) is 0 Å². The van der Waals surface area contributed by atoms with Crippen LogP contribution >= 0.6 is 7.60 Å². The minimum Gasteiger partial charge on any atom is -0.324 e. The molecule has 2 aromatic carbocycles. The first-order chi connectivity index (χ1) is 18.1. The monoisotopic (exact) mass is 552 g/mol. The lowest BCUT2D eigenvalue weighted by atomic mass is 9.60. The van der Waals surface area contributed by atoms with E-state index in [0.29, 0.717) is 5.92 Å². The van der Waals surface area contributed by atoms with E-state index in [4.69, 9.17) is 0 Å². The van der Waals surface area contributed by atoms with Gasteiger partial charge in [-0.15, -0.1) is 0 Å². The largest absolute Gasteiger partial charge is 0.326 e. The van der Waals surface area contributed by atoms with Crippen molar-refractivity contribution in [1.29, 1.82) is 0 Å². The minimum atomic E-state index is -4.16. The molecule has 2 unspecified atom stereocenters. The molecule has 4 heteroatoms. The molecule has 0 aliphatic heterocycles. The maximum atomic E-state index is 12.2. The topological polar surface area (TPSA) is 57.5 Å². The maximum absolute atomic E-state index is 12.2. The summed E-state index contributed by atoms with van der Waals surface area (Å²) >= 11 is 0. The van der Waals surface area contributed by atoms with Crippen molar-refractivity contribution in [2.45, 2.75) is 99.8 Å². The summed E-state index contributed by atoms with van der Waals surface area (Å²) in [6, 6.07) is 21.6. The molecule has 0 saturated heterocycles. The van der Waals surface area contributed by atoms with Crippen LogP contribution in [0.5, 0.6) is 0 Å². The predicted octanol–water partition coefficient (Wildman–Crippen LogP) is 10.1. The second-order valence-corrected chi connectivity index (χ2v) is 15.0. The summed E-state index contributed by atoms with van der Waals surface area (Å²) in [5.41, 5.74) is 4.58. The molecule has 0 saturated carbocycles. The predicted molar refractivity (Wildman–Crippen MR) is 168 cm³/mol. The van der Waals surface area contributed by atoms with Gasteiger partial charge in [0.25, 0.3) is 0 Å². The van der Waals surface area contributed by atoms with Crippen LogP contribution in [0.3, 0.4) is 0 Å². The molecule has 0 aromatic heterocycles. The van der Waals surface area contributed by atoms with Gasteiger partial charge in [0.1, 0.15) is 0 Å². The van der Waals surface area contributed by atoms with Gasteiger partial charge in [0.05, 0.1) is 6.16 Å². The summed E-state index contributed by atoms with van der Waals surface area (Å²) in [5.74, 6) is 0.356. The third-order valence-corrected chi connectivity index (χ3v) is 9.92. The molecule has 0 spiro atoms. The van der Waals surface area contributed by atoms with Crippen LogP contribution in [-0.2, 0) is 11.0 Å². The Morgan fingerprint density at radius 1 is 0.897 bits per heavy atom. The number of benzene rings is 2. The van der Waals surface area contributed by atoms with Gasteiger partial charge in [0.15, 0.2) is 0 Å². The summed E-state index contributed by atoms with van der Waals surface area (Å²) in [6.45, 7) is 17.4. The lowest BCUT2D eigenvalue weighted by Crippen LogP contribution is -2.39. The fourth-order valence-corrected chi connectivity index (χ4v) is 7.56. The van der Waals surface area contributed by atoms with Gasteiger partial charge in [-0.1, -0.05) is 126 Å². The molecule has 216 valence electrons. The standard InChI is InChI=1S/C35H53O3P/c1-9-35(8,34(6,7)27-39(36,37)38)32(22-16-17-28(2)3)24-23-31(30-20-14-11-15-21-30)26-33(4,5)25-29-18-12-10-13-19-29/h10-15,17-21,24,31H,9,16,22-23,25-27H2,1-8H3,(H2,36,37,38)/b32-24+. The van der Waals surface area contributed by atoms with E-state index in [1.165, 1.54) is 22.3 Å². The lowest BCUT2D eigenvalue weighted by Gasteiger charge is -2.46. The van der Waals surface area contributed by atoms with E-state index in [0.717, 1.165) is 38.5 Å². The molecule has 2 N–H and O–H groups in total. The molecule has 0 heterocycles. The molecule has 0 aliphatic carbocycles. The first-order valence-corrected chi connectivity index (χ1v) is 16.3. The quantitative estimate of drug-likeness (QED) is 0.171. The Kier molecular flexibility index (Phi) is 12.0. The van der Waals surface area contributed by atoms with E-state index >= 15 is 0 Å². The lowest BCUT2D eigenvalue weighted by molar-refractivity contribution is 0.137. The summed E-state index contributed by atoms with van der Waals surface area (Å²) < 4.78 is 12.2. The van der Waals surface area contributed by atoms with Crippen LogP contribution in [0.2, 0.25) is 0 Å². The third kappa shape index (κ3) is 10.5. The normalized spacial score (nSPS) is 15.5. The van der Waals surface area contributed by atoms with Crippen molar-refractivity contribution < 1.29 is 14.4 Å². The minimum absolute atomic E-state index is 0.115. The van der Waals surface area contributed by atoms with Crippen molar-refractivity contribution in [3.63, 3.8) is 0 Å². The van der Waals surface area contributed by atoms with Crippen LogP contribution in [0.4, 0.5) is 0 Å². The van der Waals surface area contributed by atoms with Crippen LogP contribution < -0.4 is 0 Å². The second kappa shape index (κ2) is 14.1. The average Bonchev–Trinajstić information content (AvgIpc) is 2.83. The molecule has 2 atom stereocenters. The summed E-state index contributed by atoms with van der Waals surface area (Å²) in [5, 5.41) is 0. The summed E-state index contributed by atoms with van der Waals surface area (Å²) in [6.07, 6.45) is 10.2. The third-order valence-electron chi connectivity index (χ3n) is 8.72. The van der Waals surface area contributed by atoms with Gasteiger partial charge >= 0.3 is 7.60 Å². The van der Waals surface area contributed by atoms with Crippen molar-refractivity contribution in [2.24, 2.45) is 16.2 Å². The Bertz CT molecular complexity index is 1120. The first-order valence-electron chi connectivity index (χ1n) is 14.5. The van der Waals surface area contributed by atoms with Crippen LogP contribution in [0.25, 0.3) is 0 Å². The summed E-state index contributed by atoms with van der Waals surface area (Å²) in [7, 11) is -4.16. The zero-order valence-corrected chi connectivity index (χ0v) is 26.6. The molecule has 2 aromatic rings. The van der Waals surface area contributed by atoms with E-state index < -0.39 is 13.0 Å². The highest BCUT2D eigenvalue weighted by Crippen LogP contribution is 2.55. The molecular formula is C35H53O3P. The number of rotatable bonds is 15. The van der Waals surface area contributed by atoms with E-state index in [1.807, 2.05) is 13.8 Å². The first kappa shape index (κ1) is 33.3. The van der Waals surface area contributed by atoms with Gasteiger partial charge in [0, 0.05) is 0 Å². The molecule has 2 rings (SSSR count). The molecule has 39 heavy (non-hydrogen) atoms. The maximum Gasteiger partial charge on any atom is 0.326 e. The number of allylic oxidation sites excluding steroid dienone is 4. The highest BCUT2D eigenvalue weighted by molar-refractivity contribution is 7.51. The smallest absolute Gasteiger partial charge is 0.324 e. The zero-order chi connectivity index (χ0) is 29.3. The van der Waals surface area contributed by atoms with Crippen molar-refractivity contribution in [3.05, 3.63) is 95.1 Å². The molecule has 0 radical (unpaired) electrons. The van der Waals surface area contributed by atoms with Crippen LogP contribution in [0.1, 0.15) is 105 Å². The summed E-state index contributed by atoms with van der Waals surface area (Å²) in [4.78, 5) is 19.9. The van der Waals surface area contributed by atoms with Gasteiger partial charge in [-0.2, -0.15) is 0 Å². The van der Waals surface area contributed by atoms with E-state index in [1.54, 1.807) is 0 Å². The van der Waals surface area contributed by atoms with Crippen LogP contribution in [0, 0.1) is 16.2 Å². The van der Waals surface area contributed by atoms with Gasteiger partial charge in [-0.05, 0) is 85.7 Å². The Morgan fingerprint density at radius 3 is 1.97 bits per heavy atom.